The maximum atomic E-state index is 14.0. The summed E-state index contributed by atoms with van der Waals surface area (Å²) in [5.74, 6) is -1.35. The Balaban J connectivity index is 1.31. The number of benzene rings is 3. The molecule has 2 N–H and O–H groups in total. The quantitative estimate of drug-likeness (QED) is 0.239. The fourth-order valence-electron chi connectivity index (χ4n) is 5.81. The Kier molecular flexibility index (Phi) is 8.05. The second-order valence-corrected chi connectivity index (χ2v) is 11.0. The third kappa shape index (κ3) is 5.87. The fourth-order valence-corrected chi connectivity index (χ4v) is 5.99. The number of aryl methyl sites for hydroxylation is 1. The number of carboxylic acids is 1. The van der Waals surface area contributed by atoms with E-state index in [4.69, 9.17) is 16.3 Å². The van der Waals surface area contributed by atoms with Crippen LogP contribution >= 0.6 is 11.6 Å². The lowest BCUT2D eigenvalue weighted by Gasteiger charge is -2.27. The molecule has 1 saturated heterocycles. The van der Waals surface area contributed by atoms with Gasteiger partial charge in [-0.1, -0.05) is 23.7 Å². The molecule has 12 nitrogen and oxygen atoms in total. The minimum atomic E-state index is -1.04. The first-order valence-electron chi connectivity index (χ1n) is 14.0. The van der Waals surface area contributed by atoms with Crippen LogP contribution in [0.2, 0.25) is 5.02 Å². The highest BCUT2D eigenvalue weighted by molar-refractivity contribution is 6.30. The zero-order valence-corrected chi connectivity index (χ0v) is 25.0. The van der Waals surface area contributed by atoms with Crippen molar-refractivity contribution in [1.82, 2.24) is 29.7 Å². The summed E-state index contributed by atoms with van der Waals surface area (Å²) in [5, 5.41) is 24.9. The Bertz CT molecular complexity index is 1940. The maximum absolute atomic E-state index is 14.0. The number of nitrogens with one attached hydrogen (secondary N) is 1. The van der Waals surface area contributed by atoms with Crippen LogP contribution in [0.3, 0.4) is 0 Å². The maximum Gasteiger partial charge on any atom is 0.352 e. The first-order valence-corrected chi connectivity index (χ1v) is 14.4. The Labute approximate surface area is 262 Å². The van der Waals surface area contributed by atoms with E-state index >= 15 is 0 Å². The van der Waals surface area contributed by atoms with Crippen molar-refractivity contribution in [3.8, 4) is 11.4 Å². The molecule has 3 aromatic carbocycles. The Morgan fingerprint density at radius 1 is 1.07 bits per heavy atom. The standard InChI is InChI=1S/C32H28ClN7O5/c1-38-26-11-7-23(16-21(26)17-28(38)32(43)44)35-31(42)30-25(19-3-8-24(45-2)9-4-19)13-14-39(30)29(41)12-5-20-15-22(33)6-10-27(20)40-18-34-36-37-40/h3-12,15-18,25,30H,13-14H2,1-2H3,(H,35,42)(H,43,44)/b12-5+/t25-,30+/m1/s1. The van der Waals surface area contributed by atoms with Crippen molar-refractivity contribution < 1.29 is 24.2 Å². The number of tetrazole rings is 1. The first-order chi connectivity index (χ1) is 21.7. The summed E-state index contributed by atoms with van der Waals surface area (Å²) in [6.45, 7) is 0.354. The highest BCUT2D eigenvalue weighted by Crippen LogP contribution is 2.36. The summed E-state index contributed by atoms with van der Waals surface area (Å²) in [6, 6.07) is 18.6. The number of ether oxygens (including phenoxy) is 1. The van der Waals surface area contributed by atoms with Crippen LogP contribution in [0.4, 0.5) is 5.69 Å². The van der Waals surface area contributed by atoms with Gasteiger partial charge in [-0.3, -0.25) is 9.59 Å². The molecule has 1 aliphatic heterocycles. The van der Waals surface area contributed by atoms with Crippen LogP contribution in [0.5, 0.6) is 5.75 Å². The number of fused-ring (bicyclic) bond motifs is 1. The van der Waals surface area contributed by atoms with E-state index in [0.717, 1.165) is 5.56 Å². The van der Waals surface area contributed by atoms with Crippen molar-refractivity contribution in [1.29, 1.82) is 0 Å². The average Bonchev–Trinajstić information content (AvgIpc) is 3.79. The predicted molar refractivity (Wildman–Crippen MR) is 168 cm³/mol. The van der Waals surface area contributed by atoms with Gasteiger partial charge in [0.15, 0.2) is 0 Å². The van der Waals surface area contributed by atoms with Crippen molar-refractivity contribution >= 4 is 52.1 Å². The number of amides is 2. The van der Waals surface area contributed by atoms with E-state index in [1.165, 1.54) is 17.1 Å². The predicted octanol–water partition coefficient (Wildman–Crippen LogP) is 4.55. The van der Waals surface area contributed by atoms with E-state index in [9.17, 15) is 19.5 Å². The second kappa shape index (κ2) is 12.2. The lowest BCUT2D eigenvalue weighted by molar-refractivity contribution is -0.133. The molecule has 2 amide bonds. The molecule has 2 aromatic heterocycles. The lowest BCUT2D eigenvalue weighted by atomic mass is 9.91. The van der Waals surface area contributed by atoms with E-state index in [1.807, 2.05) is 24.3 Å². The molecule has 6 rings (SSSR count). The number of anilines is 1. The van der Waals surface area contributed by atoms with Gasteiger partial charge in [0.25, 0.3) is 0 Å². The summed E-state index contributed by atoms with van der Waals surface area (Å²) >= 11 is 6.25. The molecule has 1 fully saturated rings. The van der Waals surface area contributed by atoms with Crippen LogP contribution in [0.25, 0.3) is 22.7 Å². The number of likely N-dealkylation sites (tertiary alicyclic amines) is 1. The minimum absolute atomic E-state index is 0.135. The molecule has 3 heterocycles. The van der Waals surface area contributed by atoms with Crippen LogP contribution in [0.1, 0.15) is 34.0 Å². The molecule has 0 bridgehead atoms. The van der Waals surface area contributed by atoms with Gasteiger partial charge in [0, 0.05) is 52.8 Å². The van der Waals surface area contributed by atoms with Gasteiger partial charge in [-0.2, -0.15) is 4.68 Å². The number of carboxylic acid groups (broad SMARTS) is 1. The van der Waals surface area contributed by atoms with Gasteiger partial charge in [0.1, 0.15) is 23.8 Å². The third-order valence-electron chi connectivity index (χ3n) is 8.01. The molecule has 0 saturated carbocycles. The lowest BCUT2D eigenvalue weighted by Crippen LogP contribution is -2.44. The van der Waals surface area contributed by atoms with Crippen LogP contribution in [0, 0.1) is 0 Å². The number of halogens is 1. The van der Waals surface area contributed by atoms with Crippen LogP contribution in [-0.4, -0.2) is 72.3 Å². The summed E-state index contributed by atoms with van der Waals surface area (Å²) in [6.07, 6.45) is 5.05. The zero-order valence-electron chi connectivity index (χ0n) is 24.3. The smallest absolute Gasteiger partial charge is 0.352 e. The van der Waals surface area contributed by atoms with E-state index < -0.39 is 12.0 Å². The van der Waals surface area contributed by atoms with E-state index in [2.05, 4.69) is 20.8 Å². The number of nitrogens with zero attached hydrogens (tertiary/aromatic N) is 6. The number of aromatic carboxylic acids is 1. The molecule has 228 valence electrons. The Morgan fingerprint density at radius 2 is 1.87 bits per heavy atom. The van der Waals surface area contributed by atoms with Gasteiger partial charge in [0.05, 0.1) is 12.8 Å². The van der Waals surface area contributed by atoms with Gasteiger partial charge in [-0.05, 0) is 83.1 Å². The molecular weight excluding hydrogens is 598 g/mol. The number of hydrogen-bond acceptors (Lipinski definition) is 7. The number of carbonyl (C=O) groups excluding carboxylic acids is 2. The summed E-state index contributed by atoms with van der Waals surface area (Å²) in [7, 11) is 3.26. The molecule has 0 radical (unpaired) electrons. The summed E-state index contributed by atoms with van der Waals surface area (Å²) in [4.78, 5) is 40.9. The van der Waals surface area contributed by atoms with Crippen molar-refractivity contribution in [3.05, 3.63) is 101 Å². The topological polar surface area (TPSA) is 144 Å². The summed E-state index contributed by atoms with van der Waals surface area (Å²) < 4.78 is 8.36. The summed E-state index contributed by atoms with van der Waals surface area (Å²) in [5.41, 5.74) is 3.48. The second-order valence-electron chi connectivity index (χ2n) is 10.6. The van der Waals surface area contributed by atoms with Gasteiger partial charge < -0.3 is 24.6 Å². The highest BCUT2D eigenvalue weighted by atomic mass is 35.5. The molecule has 45 heavy (non-hydrogen) atoms. The molecule has 0 spiro atoms. The third-order valence-corrected chi connectivity index (χ3v) is 8.25. The van der Waals surface area contributed by atoms with Gasteiger partial charge in [-0.25, -0.2) is 4.79 Å². The van der Waals surface area contributed by atoms with Gasteiger partial charge >= 0.3 is 5.97 Å². The molecule has 0 unspecified atom stereocenters. The number of hydrogen-bond donors (Lipinski definition) is 2. The first kappa shape index (κ1) is 29.6. The number of carbonyl (C=O) groups is 3. The van der Waals surface area contributed by atoms with Crippen molar-refractivity contribution in [2.24, 2.45) is 7.05 Å². The van der Waals surface area contributed by atoms with Gasteiger partial charge in [0.2, 0.25) is 11.8 Å². The van der Waals surface area contributed by atoms with Crippen LogP contribution < -0.4 is 10.1 Å². The minimum Gasteiger partial charge on any atom is -0.497 e. The number of rotatable bonds is 8. The molecule has 2 atom stereocenters. The number of methoxy groups -OCH3 is 1. The van der Waals surface area contributed by atoms with E-state index in [1.54, 1.807) is 72.2 Å². The van der Waals surface area contributed by atoms with Crippen molar-refractivity contribution in [2.45, 2.75) is 18.4 Å². The SMILES string of the molecule is COc1ccc([C@H]2CCN(C(=O)/C=C/c3cc(Cl)ccc3-n3cnnn3)[C@@H]2C(=O)Nc2ccc3c(c2)cc(C(=O)O)n3C)cc1. The van der Waals surface area contributed by atoms with E-state index in [-0.39, 0.29) is 23.4 Å². The molecule has 5 aromatic rings. The van der Waals surface area contributed by atoms with Crippen molar-refractivity contribution in [2.75, 3.05) is 19.0 Å². The Hall–Kier alpha value is -5.49. The van der Waals surface area contributed by atoms with Gasteiger partial charge in [-0.15, -0.1) is 5.10 Å². The van der Waals surface area contributed by atoms with Crippen molar-refractivity contribution in [3.63, 3.8) is 0 Å². The van der Waals surface area contributed by atoms with Crippen LogP contribution in [-0.2, 0) is 16.6 Å². The number of aromatic nitrogens is 5. The Morgan fingerprint density at radius 3 is 2.58 bits per heavy atom. The molecule has 0 aliphatic carbocycles. The average molecular weight is 626 g/mol. The normalized spacial score (nSPS) is 16.4. The molecule has 1 aliphatic rings. The highest BCUT2D eigenvalue weighted by Gasteiger charge is 2.42. The zero-order chi connectivity index (χ0) is 31.7. The molecule has 13 heteroatoms. The van der Waals surface area contributed by atoms with Crippen LogP contribution in [0.15, 0.2) is 79.1 Å². The van der Waals surface area contributed by atoms with E-state index in [0.29, 0.717) is 51.6 Å². The fraction of sp³-hybridized carbons (Fsp3) is 0.188. The molecular formula is C32H28ClN7O5. The largest absolute Gasteiger partial charge is 0.497 e. The monoisotopic (exact) mass is 625 g/mol.